The largest absolute Gasteiger partial charge is 0.495 e. The maximum absolute atomic E-state index is 12.6. The molecule has 0 unspecified atom stereocenters. The number of carbonyl (C=O) groups is 1. The average Bonchev–Trinajstić information content (AvgIpc) is 3.38. The fraction of sp³-hybridized carbons (Fsp3) is 0.588. The second kappa shape index (κ2) is 8.12. The molecule has 2 saturated carbocycles. The summed E-state index contributed by atoms with van der Waals surface area (Å²) in [7, 11) is -2.28. The third-order valence-corrected chi connectivity index (χ3v) is 6.35. The minimum Gasteiger partial charge on any atom is -0.495 e. The summed E-state index contributed by atoms with van der Waals surface area (Å²) in [5, 5.41) is 2.77. The van der Waals surface area contributed by atoms with E-state index < -0.39 is 15.6 Å². The lowest BCUT2D eigenvalue weighted by molar-refractivity contribution is -0.122. The van der Waals surface area contributed by atoms with E-state index in [9.17, 15) is 13.2 Å². The first-order chi connectivity index (χ1) is 11.8. The Morgan fingerprint density at radius 2 is 1.88 bits per heavy atom. The molecule has 7 nitrogen and oxygen atoms in total. The van der Waals surface area contributed by atoms with Crippen LogP contribution in [0.4, 0.5) is 5.69 Å². The smallest absolute Gasteiger partial charge is 0.244 e. The quantitative estimate of drug-likeness (QED) is 0.674. The zero-order chi connectivity index (χ0) is 18.1. The molecule has 4 N–H and O–H groups in total. The van der Waals surface area contributed by atoms with Gasteiger partial charge in [-0.25, -0.2) is 13.1 Å². The maximum atomic E-state index is 12.6. The Labute approximate surface area is 160 Å². The second-order valence-corrected chi connectivity index (χ2v) is 8.61. The summed E-state index contributed by atoms with van der Waals surface area (Å²) in [5.41, 5.74) is 5.75. The van der Waals surface area contributed by atoms with Crippen LogP contribution in [0.2, 0.25) is 0 Å². The first-order valence-corrected chi connectivity index (χ1v) is 10.1. The predicted molar refractivity (Wildman–Crippen MR) is 102 cm³/mol. The van der Waals surface area contributed by atoms with Crippen molar-refractivity contribution in [1.82, 2.24) is 4.72 Å². The van der Waals surface area contributed by atoms with Crippen LogP contribution in [0.25, 0.3) is 0 Å². The highest BCUT2D eigenvalue weighted by Gasteiger charge is 2.35. The van der Waals surface area contributed by atoms with Crippen molar-refractivity contribution in [2.75, 3.05) is 12.4 Å². The van der Waals surface area contributed by atoms with Crippen molar-refractivity contribution >= 4 is 34.0 Å². The molecule has 3 rings (SSSR count). The molecule has 0 aromatic heterocycles. The number of benzene rings is 1. The van der Waals surface area contributed by atoms with Gasteiger partial charge in [-0.2, -0.15) is 0 Å². The van der Waals surface area contributed by atoms with E-state index in [0.717, 1.165) is 32.1 Å². The molecule has 26 heavy (non-hydrogen) atoms. The number of nitrogens with one attached hydrogen (secondary N) is 2. The van der Waals surface area contributed by atoms with Crippen LogP contribution < -0.4 is 20.5 Å². The van der Waals surface area contributed by atoms with Gasteiger partial charge in [-0.1, -0.05) is 19.3 Å². The highest BCUT2D eigenvalue weighted by Crippen LogP contribution is 2.31. The van der Waals surface area contributed by atoms with Crippen molar-refractivity contribution in [2.45, 2.75) is 61.4 Å². The summed E-state index contributed by atoms with van der Waals surface area (Å²) in [4.78, 5) is 12.6. The topological polar surface area (TPSA) is 111 Å². The van der Waals surface area contributed by atoms with E-state index in [4.69, 9.17) is 10.5 Å². The molecule has 0 radical (unpaired) electrons. The number of sulfonamides is 1. The molecule has 0 aliphatic heterocycles. The summed E-state index contributed by atoms with van der Waals surface area (Å²) < 4.78 is 32.9. The molecule has 1 amide bonds. The number of ether oxygens (including phenoxy) is 1. The molecule has 0 atom stereocenters. The molecule has 0 heterocycles. The first-order valence-electron chi connectivity index (χ1n) is 8.65. The Bertz CT molecular complexity index is 759. The summed E-state index contributed by atoms with van der Waals surface area (Å²) in [5.74, 6) is -0.0258. The molecule has 2 aliphatic carbocycles. The fourth-order valence-corrected chi connectivity index (χ4v) is 4.61. The van der Waals surface area contributed by atoms with Gasteiger partial charge in [0.1, 0.15) is 10.6 Å². The average molecular weight is 404 g/mol. The summed E-state index contributed by atoms with van der Waals surface area (Å²) in [6, 6.07) is 4.58. The molecule has 1 aromatic carbocycles. The third-order valence-electron chi connectivity index (χ3n) is 4.81. The minimum absolute atomic E-state index is 0. The van der Waals surface area contributed by atoms with Gasteiger partial charge in [0, 0.05) is 11.7 Å². The van der Waals surface area contributed by atoms with Crippen molar-refractivity contribution in [3.8, 4) is 5.75 Å². The molecule has 1 aromatic rings. The van der Waals surface area contributed by atoms with E-state index in [1.54, 1.807) is 12.1 Å². The Morgan fingerprint density at radius 1 is 1.23 bits per heavy atom. The first kappa shape index (κ1) is 21.0. The van der Waals surface area contributed by atoms with Crippen LogP contribution in [-0.4, -0.2) is 33.0 Å². The number of carbonyl (C=O) groups excluding carboxylic acids is 1. The highest BCUT2D eigenvalue weighted by atomic mass is 35.5. The predicted octanol–water partition coefficient (Wildman–Crippen LogP) is 2.16. The molecule has 0 bridgehead atoms. The fourth-order valence-electron chi connectivity index (χ4n) is 3.11. The standard InChI is InChI=1S/C17H25N3O4S.ClH/c1-24-14-8-7-13(11-15(14)25(22,23)20-12-5-6-12)19-16(21)17(18)9-3-2-4-10-17;/h7-8,11-12,20H,2-6,9-10,18H2,1H3,(H,19,21);1H. The van der Waals surface area contributed by atoms with E-state index in [1.165, 1.54) is 13.2 Å². The molecule has 0 spiro atoms. The van der Waals surface area contributed by atoms with E-state index in [2.05, 4.69) is 10.0 Å². The number of hydrogen-bond acceptors (Lipinski definition) is 5. The number of methoxy groups -OCH3 is 1. The van der Waals surface area contributed by atoms with E-state index in [1.807, 2.05) is 0 Å². The SMILES string of the molecule is COc1ccc(NC(=O)C2(N)CCCCC2)cc1S(=O)(=O)NC1CC1.Cl. The van der Waals surface area contributed by atoms with E-state index in [-0.39, 0.29) is 35.0 Å². The van der Waals surface area contributed by atoms with E-state index in [0.29, 0.717) is 18.5 Å². The van der Waals surface area contributed by atoms with E-state index >= 15 is 0 Å². The number of amides is 1. The summed E-state index contributed by atoms with van der Waals surface area (Å²) in [6.45, 7) is 0. The third kappa shape index (κ3) is 4.68. The van der Waals surface area contributed by atoms with Crippen molar-refractivity contribution < 1.29 is 17.9 Å². The van der Waals surface area contributed by atoms with Crippen LogP contribution in [0.5, 0.6) is 5.75 Å². The van der Waals surface area contributed by atoms with Gasteiger partial charge in [0.25, 0.3) is 0 Å². The zero-order valence-corrected chi connectivity index (χ0v) is 16.4. The number of hydrogen-bond donors (Lipinski definition) is 3. The summed E-state index contributed by atoms with van der Waals surface area (Å²) in [6.07, 6.45) is 5.91. The monoisotopic (exact) mass is 403 g/mol. The molecule has 9 heteroatoms. The molecule has 2 fully saturated rings. The lowest BCUT2D eigenvalue weighted by atomic mass is 9.82. The van der Waals surface area contributed by atoms with Crippen LogP contribution in [0.1, 0.15) is 44.9 Å². The number of anilines is 1. The molecule has 2 aliphatic rings. The van der Waals surface area contributed by atoms with Crippen LogP contribution in [-0.2, 0) is 14.8 Å². The van der Waals surface area contributed by atoms with Gasteiger partial charge < -0.3 is 15.8 Å². The van der Waals surface area contributed by atoms with Crippen LogP contribution >= 0.6 is 12.4 Å². The normalized spacial score (nSPS) is 19.3. The molecular weight excluding hydrogens is 378 g/mol. The molecule has 146 valence electrons. The van der Waals surface area contributed by atoms with Gasteiger partial charge in [-0.15, -0.1) is 12.4 Å². The lowest BCUT2D eigenvalue weighted by Crippen LogP contribution is -2.52. The maximum Gasteiger partial charge on any atom is 0.244 e. The van der Waals surface area contributed by atoms with Gasteiger partial charge in [-0.05, 0) is 43.9 Å². The lowest BCUT2D eigenvalue weighted by Gasteiger charge is -2.31. The summed E-state index contributed by atoms with van der Waals surface area (Å²) >= 11 is 0. The van der Waals surface area contributed by atoms with Gasteiger partial charge >= 0.3 is 0 Å². The number of halogens is 1. The Balaban J connectivity index is 0.00000243. The number of rotatable bonds is 6. The van der Waals surface area contributed by atoms with Crippen LogP contribution in [0, 0.1) is 0 Å². The van der Waals surface area contributed by atoms with Crippen molar-refractivity contribution in [3.05, 3.63) is 18.2 Å². The number of nitrogens with two attached hydrogens (primary N) is 1. The van der Waals surface area contributed by atoms with Gasteiger partial charge in [0.15, 0.2) is 0 Å². The Morgan fingerprint density at radius 3 is 2.46 bits per heavy atom. The minimum atomic E-state index is -3.70. The second-order valence-electron chi connectivity index (χ2n) is 6.93. The zero-order valence-electron chi connectivity index (χ0n) is 14.8. The van der Waals surface area contributed by atoms with Crippen molar-refractivity contribution in [1.29, 1.82) is 0 Å². The molecule has 0 saturated heterocycles. The van der Waals surface area contributed by atoms with Gasteiger partial charge in [0.05, 0.1) is 12.6 Å². The van der Waals surface area contributed by atoms with Crippen LogP contribution in [0.15, 0.2) is 23.1 Å². The van der Waals surface area contributed by atoms with Crippen LogP contribution in [0.3, 0.4) is 0 Å². The highest BCUT2D eigenvalue weighted by molar-refractivity contribution is 7.89. The Hall–Kier alpha value is -1.35. The van der Waals surface area contributed by atoms with Gasteiger partial charge in [0.2, 0.25) is 15.9 Å². The van der Waals surface area contributed by atoms with Gasteiger partial charge in [-0.3, -0.25) is 4.79 Å². The molecular formula is C17H26ClN3O4S. The van der Waals surface area contributed by atoms with Crippen molar-refractivity contribution in [2.24, 2.45) is 5.73 Å². The van der Waals surface area contributed by atoms with Crippen molar-refractivity contribution in [3.63, 3.8) is 0 Å². The Kier molecular flexibility index (Phi) is 6.55.